The average Bonchev–Trinajstić information content (AvgIpc) is 3.30. The highest BCUT2D eigenvalue weighted by atomic mass is 16.5. The smallest absolute Gasteiger partial charge is 0.306 e. The van der Waals surface area contributed by atoms with E-state index in [0.717, 1.165) is 83.5 Å². The molecule has 0 aromatic heterocycles. The summed E-state index contributed by atoms with van der Waals surface area (Å²) in [7, 11) is 0. The predicted octanol–water partition coefficient (Wildman–Crippen LogP) is 17.4. The van der Waals surface area contributed by atoms with Gasteiger partial charge in [0.15, 0.2) is 0 Å². The standard InChI is InChI=1S/C59H109NO5/c1-4-7-10-13-16-19-22-25-28-29-31-32-35-38-41-44-47-50-55(65-59(64)52-49-46-43-40-37-34-27-24-21-18-15-12-9-6-3)53-58(63)60-56(54-61)57(62)51-48-45-42-39-36-33-30-26-23-20-17-14-11-8-5-2/h9,12,16,18-19,21,25,28,55-57,61-62H,4-8,10-11,13-15,17,20,22-24,26-27,29-54H2,1-3H3,(H,60,63)/b12-9+,19-16-,21-18+,28-25-. The third-order valence-corrected chi connectivity index (χ3v) is 12.9. The van der Waals surface area contributed by atoms with Crippen LogP contribution >= 0.6 is 0 Å². The van der Waals surface area contributed by atoms with E-state index in [-0.39, 0.29) is 24.9 Å². The minimum atomic E-state index is -0.792. The van der Waals surface area contributed by atoms with Crippen molar-refractivity contribution in [1.29, 1.82) is 0 Å². The number of unbranched alkanes of at least 4 members (excludes halogenated alkanes) is 31. The summed E-state index contributed by atoms with van der Waals surface area (Å²) in [5.74, 6) is -0.481. The zero-order valence-corrected chi connectivity index (χ0v) is 43.4. The Labute approximate surface area is 404 Å². The molecule has 3 N–H and O–H groups in total. The molecule has 6 nitrogen and oxygen atoms in total. The first kappa shape index (κ1) is 62.8. The zero-order chi connectivity index (χ0) is 47.4. The van der Waals surface area contributed by atoms with E-state index in [2.05, 4.69) is 74.7 Å². The minimum absolute atomic E-state index is 0.0702. The number of esters is 1. The number of ether oxygens (including phenoxy) is 1. The fourth-order valence-corrected chi connectivity index (χ4v) is 8.62. The van der Waals surface area contributed by atoms with Crippen molar-refractivity contribution in [3.8, 4) is 0 Å². The molecular weight excluding hydrogens is 803 g/mol. The molecule has 0 aromatic rings. The number of nitrogens with one attached hydrogen (secondary N) is 1. The number of carbonyl (C=O) groups is 2. The van der Waals surface area contributed by atoms with E-state index < -0.39 is 18.2 Å². The van der Waals surface area contributed by atoms with Crippen molar-refractivity contribution >= 4 is 11.9 Å². The van der Waals surface area contributed by atoms with Crippen molar-refractivity contribution in [3.63, 3.8) is 0 Å². The number of allylic oxidation sites excluding steroid dienone is 8. The van der Waals surface area contributed by atoms with Crippen LogP contribution < -0.4 is 5.32 Å². The maximum absolute atomic E-state index is 13.3. The molecule has 0 aliphatic carbocycles. The third-order valence-electron chi connectivity index (χ3n) is 12.9. The highest BCUT2D eigenvalue weighted by molar-refractivity contribution is 5.77. The van der Waals surface area contributed by atoms with Gasteiger partial charge in [-0.1, -0.05) is 243 Å². The number of amides is 1. The van der Waals surface area contributed by atoms with E-state index >= 15 is 0 Å². The van der Waals surface area contributed by atoms with Crippen LogP contribution in [0.2, 0.25) is 0 Å². The lowest BCUT2D eigenvalue weighted by atomic mass is 10.0. The predicted molar refractivity (Wildman–Crippen MR) is 282 cm³/mol. The van der Waals surface area contributed by atoms with Crippen molar-refractivity contribution in [1.82, 2.24) is 5.32 Å². The van der Waals surface area contributed by atoms with Gasteiger partial charge in [0, 0.05) is 6.42 Å². The molecule has 0 aliphatic rings. The van der Waals surface area contributed by atoms with Gasteiger partial charge < -0.3 is 20.3 Å². The molecule has 65 heavy (non-hydrogen) atoms. The Bertz CT molecular complexity index is 1110. The zero-order valence-electron chi connectivity index (χ0n) is 43.4. The Balaban J connectivity index is 4.57. The van der Waals surface area contributed by atoms with Crippen LogP contribution in [0.4, 0.5) is 0 Å². The molecule has 0 fully saturated rings. The molecule has 6 heteroatoms. The van der Waals surface area contributed by atoms with Gasteiger partial charge in [0.05, 0.1) is 25.2 Å². The Morgan fingerprint density at radius 3 is 1.28 bits per heavy atom. The lowest BCUT2D eigenvalue weighted by Crippen LogP contribution is -2.46. The molecule has 0 aromatic carbocycles. The number of hydrogen-bond acceptors (Lipinski definition) is 5. The molecule has 380 valence electrons. The summed E-state index contributed by atoms with van der Waals surface area (Å²) in [5, 5.41) is 23.9. The monoisotopic (exact) mass is 912 g/mol. The van der Waals surface area contributed by atoms with Gasteiger partial charge in [-0.25, -0.2) is 0 Å². The van der Waals surface area contributed by atoms with Crippen molar-refractivity contribution in [2.45, 2.75) is 309 Å². The summed E-state index contributed by atoms with van der Waals surface area (Å²) < 4.78 is 5.95. The second-order valence-corrected chi connectivity index (χ2v) is 19.3. The lowest BCUT2D eigenvalue weighted by Gasteiger charge is -2.24. The number of aliphatic hydroxyl groups is 2. The minimum Gasteiger partial charge on any atom is -0.462 e. The highest BCUT2D eigenvalue weighted by Crippen LogP contribution is 2.18. The fraction of sp³-hybridized carbons (Fsp3) is 0.831. The molecule has 0 saturated heterocycles. The molecular formula is C59H109NO5. The molecule has 0 spiro atoms. The van der Waals surface area contributed by atoms with Crippen LogP contribution in [0.25, 0.3) is 0 Å². The summed E-state index contributed by atoms with van der Waals surface area (Å²) in [6, 6.07) is -0.706. The summed E-state index contributed by atoms with van der Waals surface area (Å²) in [6.45, 7) is 6.38. The summed E-state index contributed by atoms with van der Waals surface area (Å²) >= 11 is 0. The Kier molecular flexibility index (Phi) is 51.0. The van der Waals surface area contributed by atoms with Gasteiger partial charge in [-0.3, -0.25) is 9.59 Å². The normalized spacial score (nSPS) is 13.5. The van der Waals surface area contributed by atoms with Crippen molar-refractivity contribution in [3.05, 3.63) is 48.6 Å². The maximum Gasteiger partial charge on any atom is 0.306 e. The SMILES string of the molecule is CC/C=C/C/C=C/CCCCCCCCCC(=O)OC(CCCCCCCCC/C=C\C/C=C\CCCCC)CC(=O)NC(CO)C(O)CCCCCCCCCCCCCCCCC. The lowest BCUT2D eigenvalue weighted by molar-refractivity contribution is -0.151. The molecule has 0 heterocycles. The average molecular weight is 913 g/mol. The first-order chi connectivity index (χ1) is 32.0. The largest absolute Gasteiger partial charge is 0.462 e. The number of hydrogen-bond donors (Lipinski definition) is 3. The van der Waals surface area contributed by atoms with E-state index in [1.54, 1.807) is 0 Å². The van der Waals surface area contributed by atoms with Crippen LogP contribution in [-0.2, 0) is 14.3 Å². The van der Waals surface area contributed by atoms with E-state index in [1.165, 1.54) is 161 Å². The van der Waals surface area contributed by atoms with Gasteiger partial charge in [0.25, 0.3) is 0 Å². The van der Waals surface area contributed by atoms with Gasteiger partial charge >= 0.3 is 5.97 Å². The summed E-state index contributed by atoms with van der Waals surface area (Å²) in [5.41, 5.74) is 0. The van der Waals surface area contributed by atoms with Crippen molar-refractivity contribution in [2.75, 3.05) is 6.61 Å². The molecule has 0 aliphatic heterocycles. The van der Waals surface area contributed by atoms with Gasteiger partial charge in [-0.2, -0.15) is 0 Å². The van der Waals surface area contributed by atoms with Crippen LogP contribution in [0.3, 0.4) is 0 Å². The molecule has 3 unspecified atom stereocenters. The molecule has 1 amide bonds. The van der Waals surface area contributed by atoms with E-state index in [4.69, 9.17) is 4.74 Å². The molecule has 0 rings (SSSR count). The number of carbonyl (C=O) groups excluding carboxylic acids is 2. The Morgan fingerprint density at radius 1 is 0.462 bits per heavy atom. The fourth-order valence-electron chi connectivity index (χ4n) is 8.62. The van der Waals surface area contributed by atoms with E-state index in [0.29, 0.717) is 19.3 Å². The summed E-state index contributed by atoms with van der Waals surface area (Å²) in [6.07, 6.45) is 64.6. The van der Waals surface area contributed by atoms with Crippen LogP contribution in [0.5, 0.6) is 0 Å². The van der Waals surface area contributed by atoms with Crippen LogP contribution in [0.15, 0.2) is 48.6 Å². The number of aliphatic hydroxyl groups excluding tert-OH is 2. The highest BCUT2D eigenvalue weighted by Gasteiger charge is 2.24. The van der Waals surface area contributed by atoms with E-state index in [9.17, 15) is 19.8 Å². The Morgan fingerprint density at radius 2 is 0.831 bits per heavy atom. The Hall–Kier alpha value is -2.18. The van der Waals surface area contributed by atoms with Crippen molar-refractivity contribution in [2.24, 2.45) is 0 Å². The first-order valence-electron chi connectivity index (χ1n) is 28.4. The van der Waals surface area contributed by atoms with Crippen LogP contribution in [0, 0.1) is 0 Å². The van der Waals surface area contributed by atoms with Gasteiger partial charge in [0.2, 0.25) is 5.91 Å². The second kappa shape index (κ2) is 52.8. The first-order valence-corrected chi connectivity index (χ1v) is 28.4. The molecule has 0 bridgehead atoms. The topological polar surface area (TPSA) is 95.9 Å². The molecule has 0 saturated carbocycles. The van der Waals surface area contributed by atoms with Crippen LogP contribution in [0.1, 0.15) is 290 Å². The summed E-state index contributed by atoms with van der Waals surface area (Å²) in [4.78, 5) is 26.3. The quantitative estimate of drug-likeness (QED) is 0.0321. The third kappa shape index (κ3) is 48.1. The van der Waals surface area contributed by atoms with E-state index in [1.807, 2.05) is 0 Å². The maximum atomic E-state index is 13.3. The molecule has 0 radical (unpaired) electrons. The van der Waals surface area contributed by atoms with Crippen LogP contribution in [-0.4, -0.2) is 46.9 Å². The second-order valence-electron chi connectivity index (χ2n) is 19.3. The number of rotatable bonds is 51. The molecule has 3 atom stereocenters. The van der Waals surface area contributed by atoms with Gasteiger partial charge in [-0.15, -0.1) is 0 Å². The van der Waals surface area contributed by atoms with Gasteiger partial charge in [0.1, 0.15) is 6.10 Å². The van der Waals surface area contributed by atoms with Gasteiger partial charge in [-0.05, 0) is 83.5 Å². The van der Waals surface area contributed by atoms with Crippen molar-refractivity contribution < 1.29 is 24.5 Å².